The van der Waals surface area contributed by atoms with E-state index in [1.54, 1.807) is 51.9 Å². The van der Waals surface area contributed by atoms with Crippen LogP contribution < -0.4 is 10.9 Å². The summed E-state index contributed by atoms with van der Waals surface area (Å²) in [6.07, 6.45) is 0.939. The Morgan fingerprint density at radius 2 is 1.81 bits per heavy atom. The second-order valence-electron chi connectivity index (χ2n) is 7.23. The van der Waals surface area contributed by atoms with Crippen LogP contribution in [0.15, 0.2) is 53.3 Å². The van der Waals surface area contributed by atoms with Crippen molar-refractivity contribution >= 4 is 12.0 Å². The van der Waals surface area contributed by atoms with Crippen molar-refractivity contribution in [1.29, 1.82) is 0 Å². The summed E-state index contributed by atoms with van der Waals surface area (Å²) in [5.74, 6) is -0.803. The highest BCUT2D eigenvalue weighted by Crippen LogP contribution is 2.35. The Morgan fingerprint density at radius 1 is 1.04 bits per heavy atom. The third-order valence-corrected chi connectivity index (χ3v) is 5.41. The Morgan fingerprint density at radius 3 is 2.56 bits per heavy atom. The number of carboxylic acids is 1. The zero-order chi connectivity index (χ0) is 19.0. The molecule has 2 N–H and O–H groups in total. The molecule has 7 nitrogen and oxygen atoms in total. The third-order valence-electron chi connectivity index (χ3n) is 5.41. The number of benzene rings is 1. The molecule has 140 valence electrons. The van der Waals surface area contributed by atoms with Gasteiger partial charge in [0.05, 0.1) is 0 Å². The van der Waals surface area contributed by atoms with E-state index >= 15 is 0 Å². The molecular weight excluding hydrogens is 346 g/mol. The molecule has 2 bridgehead atoms. The van der Waals surface area contributed by atoms with Crippen molar-refractivity contribution < 1.29 is 14.7 Å². The molecule has 0 aliphatic carbocycles. The topological polar surface area (TPSA) is 91.6 Å². The number of pyridine rings is 1. The molecule has 4 rings (SSSR count). The largest absolute Gasteiger partial charge is 0.479 e. The summed E-state index contributed by atoms with van der Waals surface area (Å²) in [6.45, 7) is 1.59. The molecule has 0 saturated carbocycles. The number of carbonyl (C=O) groups is 2. The first kappa shape index (κ1) is 17.3. The Bertz CT molecular complexity index is 924. The number of aliphatic carboxylic acids is 1. The monoisotopic (exact) mass is 367 g/mol. The molecule has 0 radical (unpaired) electrons. The zero-order valence-electron chi connectivity index (χ0n) is 14.7. The summed E-state index contributed by atoms with van der Waals surface area (Å²) >= 11 is 0. The standard InChI is InChI=1S/C20H21N3O4/c24-17-8-4-7-16-15-9-13(11-23(16)17)10-22(12-15)20(27)21-18(19(25)26)14-5-2-1-3-6-14/h1-8,13,15,18H,9-12H2,(H,21,27)(H,25,26)/t13-,15-,18?/m1/s1. The van der Waals surface area contributed by atoms with Gasteiger partial charge in [0.2, 0.25) is 0 Å². The molecular formula is C20H21N3O4. The summed E-state index contributed by atoms with van der Waals surface area (Å²) in [5.41, 5.74) is 1.48. The van der Waals surface area contributed by atoms with E-state index in [1.807, 2.05) is 6.07 Å². The van der Waals surface area contributed by atoms with E-state index in [0.717, 1.165) is 12.1 Å². The number of rotatable bonds is 3. The number of likely N-dealkylation sites (tertiary alicyclic amines) is 1. The summed E-state index contributed by atoms with van der Waals surface area (Å²) < 4.78 is 1.80. The predicted molar refractivity (Wildman–Crippen MR) is 98.5 cm³/mol. The molecule has 2 aliphatic rings. The van der Waals surface area contributed by atoms with Crippen molar-refractivity contribution in [2.24, 2.45) is 5.92 Å². The van der Waals surface area contributed by atoms with E-state index in [2.05, 4.69) is 5.32 Å². The van der Waals surface area contributed by atoms with Gasteiger partial charge in [-0.15, -0.1) is 0 Å². The maximum absolute atomic E-state index is 12.8. The molecule has 1 fully saturated rings. The molecule has 1 saturated heterocycles. The number of carbonyl (C=O) groups excluding carboxylic acids is 1. The Hall–Kier alpha value is -3.09. The molecule has 0 spiro atoms. The summed E-state index contributed by atoms with van der Waals surface area (Å²) in [7, 11) is 0. The van der Waals surface area contributed by atoms with Crippen LogP contribution in [0, 0.1) is 5.92 Å². The molecule has 1 aromatic carbocycles. The van der Waals surface area contributed by atoms with Crippen LogP contribution in [0.3, 0.4) is 0 Å². The second kappa shape index (κ2) is 6.90. The zero-order valence-corrected chi connectivity index (χ0v) is 14.7. The van der Waals surface area contributed by atoms with Crippen molar-refractivity contribution in [2.75, 3.05) is 13.1 Å². The fourth-order valence-corrected chi connectivity index (χ4v) is 4.21. The lowest BCUT2D eigenvalue weighted by Gasteiger charge is -2.42. The van der Waals surface area contributed by atoms with Crippen molar-refractivity contribution in [3.05, 3.63) is 70.1 Å². The minimum Gasteiger partial charge on any atom is -0.479 e. The highest BCUT2D eigenvalue weighted by molar-refractivity contribution is 5.83. The van der Waals surface area contributed by atoms with E-state index < -0.39 is 12.0 Å². The number of urea groups is 1. The van der Waals surface area contributed by atoms with E-state index in [4.69, 9.17) is 0 Å². The molecule has 2 amide bonds. The number of aromatic nitrogens is 1. The van der Waals surface area contributed by atoms with E-state index in [1.165, 1.54) is 0 Å². The number of hydrogen-bond donors (Lipinski definition) is 2. The second-order valence-corrected chi connectivity index (χ2v) is 7.23. The van der Waals surface area contributed by atoms with Gasteiger partial charge >= 0.3 is 12.0 Å². The molecule has 3 atom stereocenters. The first-order valence-corrected chi connectivity index (χ1v) is 9.06. The number of hydrogen-bond acceptors (Lipinski definition) is 3. The van der Waals surface area contributed by atoms with Gasteiger partial charge in [0.25, 0.3) is 5.56 Å². The Balaban J connectivity index is 1.52. The van der Waals surface area contributed by atoms with Gasteiger partial charge in [0, 0.05) is 37.3 Å². The lowest BCUT2D eigenvalue weighted by atomic mass is 9.83. The van der Waals surface area contributed by atoms with Crippen LogP contribution in [0.4, 0.5) is 4.79 Å². The Labute approximate surface area is 156 Å². The smallest absolute Gasteiger partial charge is 0.330 e. The van der Waals surface area contributed by atoms with Gasteiger partial charge in [0.15, 0.2) is 6.04 Å². The van der Waals surface area contributed by atoms with Gasteiger partial charge in [-0.25, -0.2) is 9.59 Å². The number of carboxylic acid groups (broad SMARTS) is 1. The lowest BCUT2D eigenvalue weighted by Crippen LogP contribution is -2.52. The van der Waals surface area contributed by atoms with Crippen molar-refractivity contribution in [1.82, 2.24) is 14.8 Å². The molecule has 1 aromatic heterocycles. The molecule has 2 aromatic rings. The van der Waals surface area contributed by atoms with Crippen LogP contribution in [0.1, 0.15) is 29.6 Å². The number of fused-ring (bicyclic) bond motifs is 4. The normalized spacial score (nSPS) is 21.9. The maximum atomic E-state index is 12.8. The van der Waals surface area contributed by atoms with E-state index in [9.17, 15) is 19.5 Å². The van der Waals surface area contributed by atoms with Gasteiger partial charge in [-0.2, -0.15) is 0 Å². The minimum absolute atomic E-state index is 0.00452. The lowest BCUT2D eigenvalue weighted by molar-refractivity contribution is -0.139. The van der Waals surface area contributed by atoms with Crippen molar-refractivity contribution in [3.63, 3.8) is 0 Å². The average Bonchev–Trinajstić information content (AvgIpc) is 2.67. The summed E-state index contributed by atoms with van der Waals surface area (Å²) in [5, 5.41) is 12.2. The molecule has 3 heterocycles. The molecule has 7 heteroatoms. The minimum atomic E-state index is -1.09. The molecule has 27 heavy (non-hydrogen) atoms. The molecule has 2 aliphatic heterocycles. The predicted octanol–water partition coefficient (Wildman–Crippen LogP) is 1.80. The van der Waals surface area contributed by atoms with Gasteiger partial charge in [-0.1, -0.05) is 36.4 Å². The van der Waals surface area contributed by atoms with Crippen molar-refractivity contribution in [3.8, 4) is 0 Å². The van der Waals surface area contributed by atoms with Crippen LogP contribution in [0.25, 0.3) is 0 Å². The van der Waals surface area contributed by atoms with Crippen LogP contribution >= 0.6 is 0 Å². The van der Waals surface area contributed by atoms with Gasteiger partial charge in [-0.3, -0.25) is 4.79 Å². The number of amides is 2. The fourth-order valence-electron chi connectivity index (χ4n) is 4.21. The maximum Gasteiger partial charge on any atom is 0.330 e. The number of piperidine rings is 1. The summed E-state index contributed by atoms with van der Waals surface area (Å²) in [6, 6.07) is 12.5. The van der Waals surface area contributed by atoms with Crippen LogP contribution in [-0.4, -0.2) is 39.7 Å². The number of nitrogens with zero attached hydrogens (tertiary/aromatic N) is 2. The van der Waals surface area contributed by atoms with Crippen LogP contribution in [0.5, 0.6) is 0 Å². The highest BCUT2D eigenvalue weighted by atomic mass is 16.4. The quantitative estimate of drug-likeness (QED) is 0.865. The summed E-state index contributed by atoms with van der Waals surface area (Å²) in [4.78, 5) is 38.2. The highest BCUT2D eigenvalue weighted by Gasteiger charge is 2.37. The van der Waals surface area contributed by atoms with Gasteiger partial charge < -0.3 is 19.9 Å². The van der Waals surface area contributed by atoms with Gasteiger partial charge in [0.1, 0.15) is 0 Å². The first-order chi connectivity index (χ1) is 13.0. The van der Waals surface area contributed by atoms with E-state index in [-0.39, 0.29) is 23.4 Å². The molecule has 1 unspecified atom stereocenters. The van der Waals surface area contributed by atoms with Gasteiger partial charge in [-0.05, 0) is 24.0 Å². The van der Waals surface area contributed by atoms with Crippen LogP contribution in [-0.2, 0) is 11.3 Å². The Kier molecular flexibility index (Phi) is 4.43. The first-order valence-electron chi connectivity index (χ1n) is 9.06. The average molecular weight is 367 g/mol. The fraction of sp³-hybridized carbons (Fsp3) is 0.350. The number of nitrogens with one attached hydrogen (secondary N) is 1. The third kappa shape index (κ3) is 3.32. The van der Waals surface area contributed by atoms with E-state index in [0.29, 0.717) is 25.2 Å². The van der Waals surface area contributed by atoms with Crippen LogP contribution in [0.2, 0.25) is 0 Å². The SMILES string of the molecule is O=C(O)C(NC(=O)N1C[C@H]2C[C@H](C1)c1cccc(=O)n1C2)c1ccccc1. The van der Waals surface area contributed by atoms with Crippen molar-refractivity contribution in [2.45, 2.75) is 24.9 Å².